The maximum absolute atomic E-state index is 3.17. The van der Waals surface area contributed by atoms with Gasteiger partial charge in [0, 0.05) is 16.5 Å². The highest BCUT2D eigenvalue weighted by atomic mass is 32.1. The first kappa shape index (κ1) is 6.13. The van der Waals surface area contributed by atoms with Crippen LogP contribution in [0.4, 0.5) is 0 Å². The summed E-state index contributed by atoms with van der Waals surface area (Å²) in [4.78, 5) is 1.31. The molecule has 0 atom stereocenters. The van der Waals surface area contributed by atoms with Crippen molar-refractivity contribution < 1.29 is 0 Å². The predicted octanol–water partition coefficient (Wildman–Crippen LogP) is 3.28. The number of hydrogen-bond acceptors (Lipinski definition) is 2. The molecular weight excluding hydrogens is 160 g/mol. The summed E-state index contributed by atoms with van der Waals surface area (Å²) in [6, 6.07) is 7.34. The van der Waals surface area contributed by atoms with E-state index in [1.807, 2.05) is 5.38 Å². The molecule has 0 fully saturated rings. The highest BCUT2D eigenvalue weighted by Gasteiger charge is 1.96. The molecule has 0 aliphatic carbocycles. The first-order valence-corrected chi connectivity index (χ1v) is 4.77. The normalized spacial score (nSPS) is 10.0. The molecule has 0 spiro atoms. The van der Waals surface area contributed by atoms with Crippen LogP contribution in [0.2, 0.25) is 0 Å². The summed E-state index contributed by atoms with van der Waals surface area (Å²) >= 11 is 3.44. The van der Waals surface area contributed by atoms with Gasteiger partial charge < -0.3 is 0 Å². The molecule has 1 radical (unpaired) electrons. The molecule has 0 nitrogen and oxygen atoms in total. The zero-order chi connectivity index (χ0) is 6.81. The molecule has 0 amide bonds. The average Bonchev–Trinajstić information content (AvgIpc) is 2.59. The van der Waals surface area contributed by atoms with E-state index in [0.717, 1.165) is 0 Å². The molecule has 2 aromatic rings. The van der Waals surface area contributed by atoms with Crippen LogP contribution in [0.15, 0.2) is 28.3 Å². The number of thiophene rings is 2. The van der Waals surface area contributed by atoms with E-state index in [0.29, 0.717) is 0 Å². The molecule has 0 aliphatic rings. The van der Waals surface area contributed by atoms with E-state index in [2.05, 4.69) is 29.0 Å². The Balaban J connectivity index is 2.48. The third-order valence-electron chi connectivity index (χ3n) is 1.25. The topological polar surface area (TPSA) is 0 Å². The van der Waals surface area contributed by atoms with Gasteiger partial charge >= 0.3 is 0 Å². The molecule has 2 heteroatoms. The van der Waals surface area contributed by atoms with Crippen LogP contribution < -0.4 is 0 Å². The van der Waals surface area contributed by atoms with Crippen molar-refractivity contribution in [1.29, 1.82) is 0 Å². The van der Waals surface area contributed by atoms with Crippen molar-refractivity contribution in [2.24, 2.45) is 0 Å². The van der Waals surface area contributed by atoms with Crippen molar-refractivity contribution in [2.75, 3.05) is 0 Å². The molecular formula is C8H5S2. The standard InChI is InChI=1S/C8H5S2/c1-2-8(10-4-1)7-3-5-9-6-7/h1-2,4-6H. The van der Waals surface area contributed by atoms with E-state index < -0.39 is 0 Å². The van der Waals surface area contributed by atoms with Gasteiger partial charge in [-0.05, 0) is 22.2 Å². The Morgan fingerprint density at radius 2 is 2.40 bits per heavy atom. The Morgan fingerprint density at radius 3 is 3.00 bits per heavy atom. The van der Waals surface area contributed by atoms with E-state index in [1.165, 1.54) is 10.4 Å². The van der Waals surface area contributed by atoms with E-state index in [-0.39, 0.29) is 0 Å². The first-order chi connectivity index (χ1) is 4.97. The first-order valence-electron chi connectivity index (χ1n) is 2.94. The number of rotatable bonds is 1. The molecule has 0 unspecified atom stereocenters. The average molecular weight is 165 g/mol. The van der Waals surface area contributed by atoms with Crippen molar-refractivity contribution >= 4 is 22.7 Å². The summed E-state index contributed by atoms with van der Waals surface area (Å²) in [6.45, 7) is 0. The summed E-state index contributed by atoms with van der Waals surface area (Å²) in [6.07, 6.45) is 0. The molecule has 2 aromatic heterocycles. The van der Waals surface area contributed by atoms with Crippen LogP contribution in [0.1, 0.15) is 0 Å². The maximum Gasteiger partial charge on any atom is 0.0357 e. The van der Waals surface area contributed by atoms with Crippen molar-refractivity contribution in [3.63, 3.8) is 0 Å². The van der Waals surface area contributed by atoms with Gasteiger partial charge in [0.1, 0.15) is 0 Å². The van der Waals surface area contributed by atoms with Gasteiger partial charge in [-0.3, -0.25) is 0 Å². The van der Waals surface area contributed by atoms with Crippen LogP contribution in [-0.2, 0) is 0 Å². The summed E-state index contributed by atoms with van der Waals surface area (Å²) in [5, 5.41) is 6.18. The fourth-order valence-corrected chi connectivity index (χ4v) is 2.17. The highest BCUT2D eigenvalue weighted by Crippen LogP contribution is 2.25. The fraction of sp³-hybridized carbons (Fsp3) is 0. The van der Waals surface area contributed by atoms with Gasteiger partial charge in [-0.25, -0.2) is 0 Å². The molecule has 0 N–H and O–H groups in total. The van der Waals surface area contributed by atoms with Crippen LogP contribution in [0, 0.1) is 6.07 Å². The van der Waals surface area contributed by atoms with Crippen LogP contribution in [0.5, 0.6) is 0 Å². The van der Waals surface area contributed by atoms with Crippen LogP contribution >= 0.6 is 22.7 Å². The molecule has 0 aromatic carbocycles. The van der Waals surface area contributed by atoms with Crippen molar-refractivity contribution in [3.8, 4) is 10.4 Å². The Labute approximate surface area is 67.8 Å². The number of hydrogen-bond donors (Lipinski definition) is 0. The Kier molecular flexibility index (Phi) is 1.57. The zero-order valence-electron chi connectivity index (χ0n) is 5.20. The smallest absolute Gasteiger partial charge is 0.0357 e. The lowest BCUT2D eigenvalue weighted by molar-refractivity contribution is 1.87. The van der Waals surface area contributed by atoms with Crippen LogP contribution in [-0.4, -0.2) is 0 Å². The van der Waals surface area contributed by atoms with E-state index in [9.17, 15) is 0 Å². The second-order valence-electron chi connectivity index (χ2n) is 1.91. The largest absolute Gasteiger partial charge is 0.151 e. The van der Waals surface area contributed by atoms with E-state index in [1.54, 1.807) is 22.7 Å². The second-order valence-corrected chi connectivity index (χ2v) is 3.60. The van der Waals surface area contributed by atoms with Crippen molar-refractivity contribution in [3.05, 3.63) is 34.3 Å². The molecule has 0 bridgehead atoms. The minimum Gasteiger partial charge on any atom is -0.151 e. The van der Waals surface area contributed by atoms with Gasteiger partial charge in [0.25, 0.3) is 0 Å². The third-order valence-corrected chi connectivity index (χ3v) is 2.78. The highest BCUT2D eigenvalue weighted by molar-refractivity contribution is 7.14. The molecule has 0 saturated carbocycles. The Bertz CT molecular complexity index is 247. The summed E-state index contributed by atoms with van der Waals surface area (Å²) < 4.78 is 0. The predicted molar refractivity (Wildman–Crippen MR) is 46.5 cm³/mol. The van der Waals surface area contributed by atoms with Crippen LogP contribution in [0.25, 0.3) is 10.4 Å². The third kappa shape index (κ3) is 1.00. The van der Waals surface area contributed by atoms with Crippen molar-refractivity contribution in [1.82, 2.24) is 0 Å². The quantitative estimate of drug-likeness (QED) is 0.608. The van der Waals surface area contributed by atoms with Gasteiger partial charge in [-0.2, -0.15) is 11.3 Å². The summed E-state index contributed by atoms with van der Waals surface area (Å²) in [7, 11) is 0. The van der Waals surface area contributed by atoms with Crippen LogP contribution in [0.3, 0.4) is 0 Å². The molecule has 2 rings (SSSR count). The monoisotopic (exact) mass is 165 g/mol. The van der Waals surface area contributed by atoms with Gasteiger partial charge in [-0.1, -0.05) is 6.07 Å². The molecule has 2 heterocycles. The maximum atomic E-state index is 3.17. The van der Waals surface area contributed by atoms with Crippen molar-refractivity contribution in [2.45, 2.75) is 0 Å². The Morgan fingerprint density at radius 1 is 1.40 bits per heavy atom. The molecule has 49 valence electrons. The zero-order valence-corrected chi connectivity index (χ0v) is 6.84. The summed E-state index contributed by atoms with van der Waals surface area (Å²) in [5.41, 5.74) is 1.22. The van der Waals surface area contributed by atoms with Gasteiger partial charge in [-0.15, -0.1) is 11.3 Å². The Hall–Kier alpha value is -0.600. The molecule has 0 aliphatic heterocycles. The minimum atomic E-state index is 1.22. The van der Waals surface area contributed by atoms with Gasteiger partial charge in [0.15, 0.2) is 0 Å². The summed E-state index contributed by atoms with van der Waals surface area (Å²) in [5.74, 6) is 0. The lowest BCUT2D eigenvalue weighted by Gasteiger charge is -1.84. The van der Waals surface area contributed by atoms with Gasteiger partial charge in [0.05, 0.1) is 0 Å². The lowest BCUT2D eigenvalue weighted by atomic mass is 10.3. The molecule has 0 saturated heterocycles. The lowest BCUT2D eigenvalue weighted by Crippen LogP contribution is -1.59. The van der Waals surface area contributed by atoms with E-state index >= 15 is 0 Å². The van der Waals surface area contributed by atoms with E-state index in [4.69, 9.17) is 0 Å². The SMILES string of the molecule is [c]1cscc1-c1cccs1. The fourth-order valence-electron chi connectivity index (χ4n) is 0.795. The molecule has 10 heavy (non-hydrogen) atoms. The minimum absolute atomic E-state index is 1.22. The van der Waals surface area contributed by atoms with Gasteiger partial charge in [0.2, 0.25) is 0 Å². The second kappa shape index (κ2) is 2.56.